The summed E-state index contributed by atoms with van der Waals surface area (Å²) in [5.74, 6) is -1.01. The Balaban J connectivity index is 1.89. The molecule has 118 valence electrons. The van der Waals surface area contributed by atoms with Crippen molar-refractivity contribution >= 4 is 17.6 Å². The van der Waals surface area contributed by atoms with Crippen molar-refractivity contribution in [3.63, 3.8) is 0 Å². The number of amides is 1. The first-order chi connectivity index (χ1) is 10.2. The van der Waals surface area contributed by atoms with Gasteiger partial charge in [0, 0.05) is 17.5 Å². The van der Waals surface area contributed by atoms with Gasteiger partial charge in [-0.3, -0.25) is 9.59 Å². The number of aliphatic carboxylic acids is 1. The van der Waals surface area contributed by atoms with Crippen molar-refractivity contribution in [2.24, 2.45) is 21.3 Å². The predicted octanol–water partition coefficient (Wildman–Crippen LogP) is 2.67. The third-order valence-electron chi connectivity index (χ3n) is 6.18. The molecule has 1 aromatic heterocycles. The molecule has 0 saturated heterocycles. The number of hydrazone groups is 1. The molecule has 2 fully saturated rings. The van der Waals surface area contributed by atoms with Gasteiger partial charge in [-0.05, 0) is 30.4 Å². The Kier molecular flexibility index (Phi) is 2.99. The Hall–Kier alpha value is -2.11. The van der Waals surface area contributed by atoms with Crippen molar-refractivity contribution < 1.29 is 19.1 Å². The number of carbonyl (C=O) groups is 2. The predicted molar refractivity (Wildman–Crippen MR) is 79.4 cm³/mol. The highest BCUT2D eigenvalue weighted by atomic mass is 16.4. The van der Waals surface area contributed by atoms with Gasteiger partial charge in [-0.15, -0.1) is 0 Å². The lowest BCUT2D eigenvalue weighted by Crippen LogP contribution is -2.40. The quantitative estimate of drug-likeness (QED) is 0.840. The summed E-state index contributed by atoms with van der Waals surface area (Å²) in [5.41, 5.74) is 1.73. The summed E-state index contributed by atoms with van der Waals surface area (Å²) in [6, 6.07) is 3.18. The van der Waals surface area contributed by atoms with Gasteiger partial charge in [-0.1, -0.05) is 20.8 Å². The highest BCUT2D eigenvalue weighted by Gasteiger charge is 2.71. The number of fused-ring (bicyclic) bond motifs is 2. The van der Waals surface area contributed by atoms with E-state index in [9.17, 15) is 14.7 Å². The molecule has 1 amide bonds. The molecule has 3 rings (SSSR count). The lowest BCUT2D eigenvalue weighted by atomic mass is 9.65. The van der Waals surface area contributed by atoms with Crippen LogP contribution in [-0.4, -0.2) is 22.7 Å². The van der Waals surface area contributed by atoms with Crippen molar-refractivity contribution in [3.05, 3.63) is 24.2 Å². The summed E-state index contributed by atoms with van der Waals surface area (Å²) >= 11 is 0. The van der Waals surface area contributed by atoms with Crippen LogP contribution in [0.25, 0.3) is 0 Å². The topological polar surface area (TPSA) is 91.9 Å². The molecule has 1 heterocycles. The van der Waals surface area contributed by atoms with Gasteiger partial charge in [0.25, 0.3) is 0 Å². The van der Waals surface area contributed by atoms with Crippen LogP contribution in [0.3, 0.4) is 0 Å². The Morgan fingerprint density at radius 1 is 1.32 bits per heavy atom. The number of carbonyl (C=O) groups excluding carboxylic acids is 1. The summed E-state index contributed by atoms with van der Waals surface area (Å²) in [4.78, 5) is 23.8. The van der Waals surface area contributed by atoms with Gasteiger partial charge in [-0.2, -0.15) is 5.10 Å². The second-order valence-electron chi connectivity index (χ2n) is 7.00. The normalized spacial score (nSPS) is 34.0. The number of hydrogen-bond acceptors (Lipinski definition) is 4. The van der Waals surface area contributed by atoms with Gasteiger partial charge in [-0.25, -0.2) is 5.43 Å². The number of nitrogens with one attached hydrogen (secondary N) is 1. The highest BCUT2D eigenvalue weighted by molar-refractivity contribution is 6.02. The van der Waals surface area contributed by atoms with Crippen LogP contribution in [-0.2, 0) is 4.79 Å². The van der Waals surface area contributed by atoms with Crippen LogP contribution in [0, 0.1) is 16.2 Å². The fourth-order valence-corrected chi connectivity index (χ4v) is 4.11. The van der Waals surface area contributed by atoms with E-state index in [1.807, 2.05) is 20.8 Å². The number of furan rings is 1. The summed E-state index contributed by atoms with van der Waals surface area (Å²) < 4.78 is 5.02. The second-order valence-corrected chi connectivity index (χ2v) is 7.00. The summed E-state index contributed by atoms with van der Waals surface area (Å²) in [5, 5.41) is 14.0. The fourth-order valence-electron chi connectivity index (χ4n) is 4.11. The zero-order chi connectivity index (χ0) is 16.2. The van der Waals surface area contributed by atoms with Crippen LogP contribution in [0.2, 0.25) is 0 Å². The Morgan fingerprint density at radius 3 is 2.59 bits per heavy atom. The first-order valence-corrected chi connectivity index (χ1v) is 7.39. The third-order valence-corrected chi connectivity index (χ3v) is 6.18. The van der Waals surface area contributed by atoms with Gasteiger partial charge in [0.1, 0.15) is 0 Å². The summed E-state index contributed by atoms with van der Waals surface area (Å²) in [6.45, 7) is 6.03. The van der Waals surface area contributed by atoms with Crippen LogP contribution in [0.1, 0.15) is 50.6 Å². The SMILES string of the molecule is CC1(C)[C@]2(C(=O)O)CC[C@@]1(C)/C(=N\NC(=O)c1ccco1)C2. The van der Waals surface area contributed by atoms with Crippen molar-refractivity contribution in [2.75, 3.05) is 0 Å². The minimum Gasteiger partial charge on any atom is -0.481 e. The first kappa shape index (κ1) is 14.8. The maximum atomic E-state index is 11.9. The molecular formula is C16H20N2O4. The zero-order valence-corrected chi connectivity index (χ0v) is 13.0. The molecule has 2 atom stereocenters. The van der Waals surface area contributed by atoms with Crippen molar-refractivity contribution in [1.82, 2.24) is 5.43 Å². The van der Waals surface area contributed by atoms with E-state index in [4.69, 9.17) is 4.42 Å². The lowest BCUT2D eigenvalue weighted by Gasteiger charge is -2.37. The molecular weight excluding hydrogens is 284 g/mol. The van der Waals surface area contributed by atoms with E-state index in [0.29, 0.717) is 12.8 Å². The Morgan fingerprint density at radius 2 is 2.05 bits per heavy atom. The molecule has 2 bridgehead atoms. The van der Waals surface area contributed by atoms with Crippen LogP contribution < -0.4 is 5.43 Å². The molecule has 2 N–H and O–H groups in total. The minimum absolute atomic E-state index is 0.185. The van der Waals surface area contributed by atoms with Gasteiger partial charge >= 0.3 is 11.9 Å². The van der Waals surface area contributed by atoms with E-state index in [0.717, 1.165) is 12.1 Å². The molecule has 0 unspecified atom stereocenters. The maximum absolute atomic E-state index is 11.9. The van der Waals surface area contributed by atoms with E-state index in [1.54, 1.807) is 12.1 Å². The second kappa shape index (κ2) is 4.44. The molecule has 0 radical (unpaired) electrons. The minimum atomic E-state index is -0.796. The van der Waals surface area contributed by atoms with Crippen LogP contribution in [0.5, 0.6) is 0 Å². The van der Waals surface area contributed by atoms with E-state index < -0.39 is 22.7 Å². The number of nitrogens with zero attached hydrogens (tertiary/aromatic N) is 1. The molecule has 2 aliphatic rings. The average Bonchev–Trinajstić information content (AvgIpc) is 3.09. The number of carboxylic acid groups (broad SMARTS) is 1. The van der Waals surface area contributed by atoms with Gasteiger partial charge in [0.05, 0.1) is 11.7 Å². The van der Waals surface area contributed by atoms with Crippen molar-refractivity contribution in [2.45, 2.75) is 40.0 Å². The Bertz CT molecular complexity index is 662. The van der Waals surface area contributed by atoms with E-state index in [-0.39, 0.29) is 11.2 Å². The monoisotopic (exact) mass is 304 g/mol. The van der Waals surface area contributed by atoms with Crippen LogP contribution in [0.15, 0.2) is 27.9 Å². The lowest BCUT2D eigenvalue weighted by molar-refractivity contribution is -0.154. The Labute approximate surface area is 128 Å². The maximum Gasteiger partial charge on any atom is 0.310 e. The average molecular weight is 304 g/mol. The molecule has 1 aromatic rings. The van der Waals surface area contributed by atoms with E-state index in [1.165, 1.54) is 6.26 Å². The molecule has 2 aliphatic carbocycles. The van der Waals surface area contributed by atoms with Crippen molar-refractivity contribution in [3.8, 4) is 0 Å². The van der Waals surface area contributed by atoms with Gasteiger partial charge in [0.15, 0.2) is 5.76 Å². The van der Waals surface area contributed by atoms with Gasteiger partial charge < -0.3 is 9.52 Å². The largest absolute Gasteiger partial charge is 0.481 e. The van der Waals surface area contributed by atoms with Crippen LogP contribution in [0.4, 0.5) is 0 Å². The molecule has 0 aromatic carbocycles. The standard InChI is InChI=1S/C16H20N2O4/c1-14(2)15(3)6-7-16(14,13(20)21)9-11(15)17-18-12(19)10-5-4-8-22-10/h4-5,8H,6-7,9H2,1-3H3,(H,18,19)(H,20,21)/b17-11-/t15-,16+/m0/s1. The number of rotatable bonds is 3. The number of carboxylic acids is 1. The van der Waals surface area contributed by atoms with E-state index in [2.05, 4.69) is 10.5 Å². The first-order valence-electron chi connectivity index (χ1n) is 7.39. The smallest absolute Gasteiger partial charge is 0.310 e. The van der Waals surface area contributed by atoms with Crippen LogP contribution >= 0.6 is 0 Å². The molecule has 0 aliphatic heterocycles. The molecule has 0 spiro atoms. The highest BCUT2D eigenvalue weighted by Crippen LogP contribution is 2.70. The van der Waals surface area contributed by atoms with Gasteiger partial charge in [0.2, 0.25) is 0 Å². The zero-order valence-electron chi connectivity index (χ0n) is 13.0. The van der Waals surface area contributed by atoms with E-state index >= 15 is 0 Å². The fraction of sp³-hybridized carbons (Fsp3) is 0.562. The third kappa shape index (κ3) is 1.63. The molecule has 6 nitrogen and oxygen atoms in total. The van der Waals surface area contributed by atoms with Crippen molar-refractivity contribution in [1.29, 1.82) is 0 Å². The molecule has 22 heavy (non-hydrogen) atoms. The number of hydrogen-bond donors (Lipinski definition) is 2. The summed E-state index contributed by atoms with van der Waals surface area (Å²) in [6.07, 6.45) is 3.21. The summed E-state index contributed by atoms with van der Waals surface area (Å²) in [7, 11) is 0. The molecule has 6 heteroatoms. The molecule has 2 saturated carbocycles.